The first-order valence-electron chi connectivity index (χ1n) is 7.69. The van der Waals surface area contributed by atoms with Gasteiger partial charge >= 0.3 is 0 Å². The predicted octanol–water partition coefficient (Wildman–Crippen LogP) is 4.77. The van der Waals surface area contributed by atoms with Crippen LogP contribution in [0.3, 0.4) is 0 Å². The number of rotatable bonds is 7. The van der Waals surface area contributed by atoms with Crippen molar-refractivity contribution in [3.63, 3.8) is 0 Å². The lowest BCUT2D eigenvalue weighted by molar-refractivity contribution is 0.535. The highest BCUT2D eigenvalue weighted by molar-refractivity contribution is 5.53. The molecule has 0 unspecified atom stereocenters. The lowest BCUT2D eigenvalue weighted by atomic mass is 10.1. The summed E-state index contributed by atoms with van der Waals surface area (Å²) in [6.45, 7) is 13.3. The van der Waals surface area contributed by atoms with Crippen LogP contribution >= 0.6 is 0 Å². The average molecular weight is 272 g/mol. The number of anilines is 1. The Kier molecular flexibility index (Phi) is 6.58. The Morgan fingerprint density at radius 2 is 1.60 bits per heavy atom. The molecule has 1 aromatic rings. The van der Waals surface area contributed by atoms with E-state index in [-0.39, 0.29) is 0 Å². The van der Waals surface area contributed by atoms with Gasteiger partial charge in [-0.15, -0.1) is 0 Å². The summed E-state index contributed by atoms with van der Waals surface area (Å²) in [7, 11) is 0. The van der Waals surface area contributed by atoms with Crippen molar-refractivity contribution in [2.45, 2.75) is 47.5 Å². The van der Waals surface area contributed by atoms with Crippen LogP contribution in [0.2, 0.25) is 0 Å². The number of nitriles is 1. The summed E-state index contributed by atoms with van der Waals surface area (Å²) in [5, 5.41) is 9.04. The summed E-state index contributed by atoms with van der Waals surface area (Å²) < 4.78 is 0. The van der Waals surface area contributed by atoms with Gasteiger partial charge < -0.3 is 4.90 Å². The number of hydrogen-bond acceptors (Lipinski definition) is 2. The van der Waals surface area contributed by atoms with E-state index in [1.807, 2.05) is 13.0 Å². The molecule has 0 aliphatic rings. The van der Waals surface area contributed by atoms with Gasteiger partial charge in [-0.1, -0.05) is 27.7 Å². The second-order valence-electron chi connectivity index (χ2n) is 6.46. The molecule has 0 spiro atoms. The van der Waals surface area contributed by atoms with Crippen LogP contribution in [0, 0.1) is 30.1 Å². The first kappa shape index (κ1) is 16.6. The van der Waals surface area contributed by atoms with Crippen molar-refractivity contribution in [1.29, 1.82) is 5.26 Å². The second-order valence-corrected chi connectivity index (χ2v) is 6.46. The highest BCUT2D eigenvalue weighted by atomic mass is 15.1. The summed E-state index contributed by atoms with van der Waals surface area (Å²) in [6.07, 6.45) is 2.41. The molecule has 0 amide bonds. The normalized spacial score (nSPS) is 10.9. The van der Waals surface area contributed by atoms with E-state index in [0.717, 1.165) is 36.1 Å². The largest absolute Gasteiger partial charge is 0.372 e. The third kappa shape index (κ3) is 5.25. The Bertz CT molecular complexity index is 443. The molecule has 1 rings (SSSR count). The molecule has 0 saturated carbocycles. The highest BCUT2D eigenvalue weighted by Crippen LogP contribution is 2.21. The van der Waals surface area contributed by atoms with Crippen LogP contribution in [0.25, 0.3) is 0 Å². The van der Waals surface area contributed by atoms with Crippen LogP contribution < -0.4 is 4.90 Å². The molecule has 0 fully saturated rings. The summed E-state index contributed by atoms with van der Waals surface area (Å²) in [6, 6.07) is 8.43. The molecule has 110 valence electrons. The minimum atomic E-state index is 0.719. The number of benzene rings is 1. The zero-order valence-corrected chi connectivity index (χ0v) is 13.6. The average Bonchev–Trinajstić information content (AvgIpc) is 2.38. The zero-order chi connectivity index (χ0) is 15.1. The molecule has 0 bridgehead atoms. The minimum absolute atomic E-state index is 0.719. The lowest BCUT2D eigenvalue weighted by Crippen LogP contribution is -2.27. The van der Waals surface area contributed by atoms with Crippen molar-refractivity contribution in [2.75, 3.05) is 18.0 Å². The van der Waals surface area contributed by atoms with Gasteiger partial charge in [0.25, 0.3) is 0 Å². The molecule has 0 aliphatic heterocycles. The number of aryl methyl sites for hydroxylation is 1. The first-order chi connectivity index (χ1) is 9.43. The fourth-order valence-electron chi connectivity index (χ4n) is 2.17. The maximum Gasteiger partial charge on any atom is 0.0994 e. The fourth-order valence-corrected chi connectivity index (χ4v) is 2.17. The quantitative estimate of drug-likeness (QED) is 0.715. The molecule has 0 atom stereocenters. The molecular weight excluding hydrogens is 244 g/mol. The van der Waals surface area contributed by atoms with Crippen LogP contribution in [0.4, 0.5) is 5.69 Å². The Morgan fingerprint density at radius 3 is 2.00 bits per heavy atom. The second kappa shape index (κ2) is 7.94. The van der Waals surface area contributed by atoms with Crippen molar-refractivity contribution in [3.05, 3.63) is 29.3 Å². The fraction of sp³-hybridized carbons (Fsp3) is 0.611. The highest BCUT2D eigenvalue weighted by Gasteiger charge is 2.10. The molecule has 0 saturated heterocycles. The Morgan fingerprint density at radius 1 is 1.05 bits per heavy atom. The van der Waals surface area contributed by atoms with Crippen molar-refractivity contribution in [3.8, 4) is 6.07 Å². The van der Waals surface area contributed by atoms with Crippen molar-refractivity contribution in [2.24, 2.45) is 11.8 Å². The van der Waals surface area contributed by atoms with Gasteiger partial charge in [0.05, 0.1) is 11.6 Å². The third-order valence-corrected chi connectivity index (χ3v) is 3.65. The summed E-state index contributed by atoms with van der Waals surface area (Å²) in [5.74, 6) is 1.44. The van der Waals surface area contributed by atoms with E-state index in [9.17, 15) is 0 Å². The van der Waals surface area contributed by atoms with Gasteiger partial charge in [0, 0.05) is 18.8 Å². The molecular formula is C18H28N2. The lowest BCUT2D eigenvalue weighted by Gasteiger charge is -2.27. The van der Waals surface area contributed by atoms with Gasteiger partial charge in [-0.2, -0.15) is 5.26 Å². The van der Waals surface area contributed by atoms with Crippen molar-refractivity contribution in [1.82, 2.24) is 0 Å². The van der Waals surface area contributed by atoms with Gasteiger partial charge in [-0.3, -0.25) is 0 Å². The topological polar surface area (TPSA) is 27.0 Å². The monoisotopic (exact) mass is 272 g/mol. The Labute approximate surface area is 124 Å². The first-order valence-corrected chi connectivity index (χ1v) is 7.69. The SMILES string of the molecule is Cc1cc(N(CCC(C)C)CCC(C)C)ccc1C#N. The van der Waals surface area contributed by atoms with E-state index in [1.165, 1.54) is 18.5 Å². The van der Waals surface area contributed by atoms with E-state index in [4.69, 9.17) is 5.26 Å². The van der Waals surface area contributed by atoms with E-state index < -0.39 is 0 Å². The third-order valence-electron chi connectivity index (χ3n) is 3.65. The zero-order valence-electron chi connectivity index (χ0n) is 13.6. The minimum Gasteiger partial charge on any atom is -0.372 e. The van der Waals surface area contributed by atoms with Gasteiger partial charge in [-0.05, 0) is 55.4 Å². The molecule has 1 aromatic carbocycles. The van der Waals surface area contributed by atoms with Crippen molar-refractivity contribution >= 4 is 5.69 Å². The molecule has 0 aliphatic carbocycles. The number of nitrogens with zero attached hydrogens (tertiary/aromatic N) is 2. The molecule has 20 heavy (non-hydrogen) atoms. The van der Waals surface area contributed by atoms with Gasteiger partial charge in [0.15, 0.2) is 0 Å². The molecule has 2 heteroatoms. The molecule has 0 heterocycles. The van der Waals surface area contributed by atoms with E-state index in [1.54, 1.807) is 0 Å². The molecule has 0 radical (unpaired) electrons. The van der Waals surface area contributed by atoms with Crippen LogP contribution in [0.1, 0.15) is 51.7 Å². The van der Waals surface area contributed by atoms with E-state index in [2.05, 4.69) is 50.8 Å². The predicted molar refractivity (Wildman–Crippen MR) is 87.0 cm³/mol. The number of hydrogen-bond donors (Lipinski definition) is 0. The Hall–Kier alpha value is -1.49. The summed E-state index contributed by atoms with van der Waals surface area (Å²) >= 11 is 0. The molecule has 2 nitrogen and oxygen atoms in total. The van der Waals surface area contributed by atoms with Crippen LogP contribution in [-0.4, -0.2) is 13.1 Å². The summed E-state index contributed by atoms with van der Waals surface area (Å²) in [4.78, 5) is 2.47. The van der Waals surface area contributed by atoms with Crippen molar-refractivity contribution < 1.29 is 0 Å². The van der Waals surface area contributed by atoms with Gasteiger partial charge in [-0.25, -0.2) is 0 Å². The maximum absolute atomic E-state index is 9.04. The van der Waals surface area contributed by atoms with E-state index in [0.29, 0.717) is 0 Å². The molecule has 0 N–H and O–H groups in total. The van der Waals surface area contributed by atoms with Gasteiger partial charge in [0.1, 0.15) is 0 Å². The summed E-state index contributed by atoms with van der Waals surface area (Å²) in [5.41, 5.74) is 3.10. The van der Waals surface area contributed by atoms with Crippen LogP contribution in [0.15, 0.2) is 18.2 Å². The molecule has 0 aromatic heterocycles. The maximum atomic E-state index is 9.04. The van der Waals surface area contributed by atoms with Gasteiger partial charge in [0.2, 0.25) is 0 Å². The standard InChI is InChI=1S/C18H28N2/c1-14(2)8-10-20(11-9-15(3)4)18-7-6-17(13-19)16(5)12-18/h6-7,12,14-15H,8-11H2,1-5H3. The Balaban J connectivity index is 2.85. The van der Waals surface area contributed by atoms with E-state index >= 15 is 0 Å². The van der Waals surface area contributed by atoms with Crippen LogP contribution in [0.5, 0.6) is 0 Å². The smallest absolute Gasteiger partial charge is 0.0994 e. The van der Waals surface area contributed by atoms with Crippen LogP contribution in [-0.2, 0) is 0 Å².